The van der Waals surface area contributed by atoms with Gasteiger partial charge in [0.25, 0.3) is 0 Å². The first-order chi connectivity index (χ1) is 7.48. The van der Waals surface area contributed by atoms with Gasteiger partial charge in [-0.1, -0.05) is 23.8 Å². The molecule has 88 valence electrons. The molecule has 1 aromatic rings. The molecular weight excluding hydrogens is 196 g/mol. The number of piperazine rings is 1. The zero-order chi connectivity index (χ0) is 11.8. The van der Waals surface area contributed by atoms with Crippen LogP contribution >= 0.6 is 0 Å². The lowest BCUT2D eigenvalue weighted by molar-refractivity contribution is 0.264. The summed E-state index contributed by atoms with van der Waals surface area (Å²) in [5, 5.41) is 7.22. The van der Waals surface area contributed by atoms with Gasteiger partial charge in [-0.15, -0.1) is 0 Å². The number of rotatable bonds is 1. The molecule has 0 aliphatic carbocycles. The minimum absolute atomic E-state index is 0.180. The zero-order valence-electron chi connectivity index (χ0n) is 10.7. The summed E-state index contributed by atoms with van der Waals surface area (Å²) in [5.74, 6) is 0. The highest BCUT2D eigenvalue weighted by Gasteiger charge is 2.28. The lowest BCUT2D eigenvalue weighted by Gasteiger charge is -2.38. The molecule has 2 rings (SSSR count). The van der Waals surface area contributed by atoms with E-state index in [1.54, 1.807) is 0 Å². The molecule has 1 saturated heterocycles. The number of hydrogen-bond acceptors (Lipinski definition) is 2. The number of benzene rings is 1. The molecule has 2 nitrogen and oxygen atoms in total. The maximum absolute atomic E-state index is 3.71. The highest BCUT2D eigenvalue weighted by molar-refractivity contribution is 5.33. The van der Waals surface area contributed by atoms with Crippen LogP contribution in [0.3, 0.4) is 0 Å². The van der Waals surface area contributed by atoms with Gasteiger partial charge < -0.3 is 10.6 Å². The van der Waals surface area contributed by atoms with E-state index in [4.69, 9.17) is 0 Å². The summed E-state index contributed by atoms with van der Waals surface area (Å²) in [6.07, 6.45) is 0. The van der Waals surface area contributed by atoms with Crippen molar-refractivity contribution in [1.82, 2.24) is 10.6 Å². The Bertz CT molecular complexity index is 382. The standard InChI is InChI=1S/C14H22N2/c1-10-5-6-11(2)12(7-10)13-8-15-9-14(3,4)16-13/h5-7,13,15-16H,8-9H2,1-4H3. The van der Waals surface area contributed by atoms with Crippen LogP contribution in [0.4, 0.5) is 0 Å². The minimum Gasteiger partial charge on any atom is -0.313 e. The van der Waals surface area contributed by atoms with Gasteiger partial charge in [-0.05, 0) is 38.8 Å². The van der Waals surface area contributed by atoms with Gasteiger partial charge in [0.15, 0.2) is 0 Å². The van der Waals surface area contributed by atoms with Crippen molar-refractivity contribution in [2.24, 2.45) is 0 Å². The second-order valence-electron chi connectivity index (χ2n) is 5.57. The molecule has 1 heterocycles. The Morgan fingerprint density at radius 1 is 1.25 bits per heavy atom. The van der Waals surface area contributed by atoms with Gasteiger partial charge in [-0.25, -0.2) is 0 Å². The van der Waals surface area contributed by atoms with E-state index in [2.05, 4.69) is 56.5 Å². The number of aryl methyl sites for hydroxylation is 2. The number of hydrogen-bond donors (Lipinski definition) is 2. The summed E-state index contributed by atoms with van der Waals surface area (Å²) < 4.78 is 0. The van der Waals surface area contributed by atoms with Crippen LogP contribution < -0.4 is 10.6 Å². The first-order valence-corrected chi connectivity index (χ1v) is 6.03. The fraction of sp³-hybridized carbons (Fsp3) is 0.571. The molecule has 0 bridgehead atoms. The maximum atomic E-state index is 3.71. The first kappa shape index (κ1) is 11.6. The topological polar surface area (TPSA) is 24.1 Å². The Kier molecular flexibility index (Phi) is 3.04. The molecule has 0 aromatic heterocycles. The third-order valence-corrected chi connectivity index (χ3v) is 3.29. The van der Waals surface area contributed by atoms with Gasteiger partial charge >= 0.3 is 0 Å². The molecule has 1 unspecified atom stereocenters. The molecule has 0 spiro atoms. The third-order valence-electron chi connectivity index (χ3n) is 3.29. The molecule has 1 atom stereocenters. The van der Waals surface area contributed by atoms with Gasteiger partial charge in [0, 0.05) is 24.7 Å². The van der Waals surface area contributed by atoms with Crippen molar-refractivity contribution >= 4 is 0 Å². The Morgan fingerprint density at radius 3 is 2.69 bits per heavy atom. The third kappa shape index (κ3) is 2.45. The molecule has 1 aliphatic heterocycles. The SMILES string of the molecule is Cc1ccc(C)c(C2CNCC(C)(C)N2)c1. The Morgan fingerprint density at radius 2 is 2.00 bits per heavy atom. The van der Waals surface area contributed by atoms with Crippen molar-refractivity contribution in [2.75, 3.05) is 13.1 Å². The summed E-state index contributed by atoms with van der Waals surface area (Å²) in [5.41, 5.74) is 4.33. The average molecular weight is 218 g/mol. The summed E-state index contributed by atoms with van der Waals surface area (Å²) in [6.45, 7) is 10.9. The Labute approximate surface area is 98.4 Å². The average Bonchev–Trinajstić information content (AvgIpc) is 2.20. The van der Waals surface area contributed by atoms with Gasteiger partial charge in [0.2, 0.25) is 0 Å². The summed E-state index contributed by atoms with van der Waals surface area (Å²) in [7, 11) is 0. The normalized spacial score (nSPS) is 24.4. The van der Waals surface area contributed by atoms with E-state index in [-0.39, 0.29) is 5.54 Å². The van der Waals surface area contributed by atoms with Crippen molar-refractivity contribution in [3.63, 3.8) is 0 Å². The summed E-state index contributed by atoms with van der Waals surface area (Å²) in [4.78, 5) is 0. The fourth-order valence-corrected chi connectivity index (χ4v) is 2.43. The zero-order valence-corrected chi connectivity index (χ0v) is 10.7. The van der Waals surface area contributed by atoms with Crippen molar-refractivity contribution in [3.8, 4) is 0 Å². The predicted molar refractivity (Wildman–Crippen MR) is 68.7 cm³/mol. The monoisotopic (exact) mass is 218 g/mol. The van der Waals surface area contributed by atoms with Crippen LogP contribution in [-0.4, -0.2) is 18.6 Å². The van der Waals surface area contributed by atoms with Crippen molar-refractivity contribution in [2.45, 2.75) is 39.3 Å². The molecule has 1 fully saturated rings. The van der Waals surface area contributed by atoms with E-state index in [0.29, 0.717) is 6.04 Å². The van der Waals surface area contributed by atoms with Crippen LogP contribution in [0.15, 0.2) is 18.2 Å². The fourth-order valence-electron chi connectivity index (χ4n) is 2.43. The maximum Gasteiger partial charge on any atom is 0.0453 e. The van der Waals surface area contributed by atoms with Crippen molar-refractivity contribution in [3.05, 3.63) is 34.9 Å². The van der Waals surface area contributed by atoms with Gasteiger partial charge in [-0.3, -0.25) is 0 Å². The number of nitrogens with one attached hydrogen (secondary N) is 2. The van der Waals surface area contributed by atoms with Crippen LogP contribution in [0.25, 0.3) is 0 Å². The van der Waals surface area contributed by atoms with E-state index in [1.165, 1.54) is 16.7 Å². The van der Waals surface area contributed by atoms with Crippen molar-refractivity contribution < 1.29 is 0 Å². The molecule has 1 aliphatic rings. The molecule has 0 radical (unpaired) electrons. The van der Waals surface area contributed by atoms with Crippen LogP contribution in [0.1, 0.15) is 36.6 Å². The van der Waals surface area contributed by atoms with E-state index in [9.17, 15) is 0 Å². The van der Waals surface area contributed by atoms with Crippen LogP contribution in [0.2, 0.25) is 0 Å². The minimum atomic E-state index is 0.180. The van der Waals surface area contributed by atoms with Crippen LogP contribution in [-0.2, 0) is 0 Å². The van der Waals surface area contributed by atoms with E-state index in [0.717, 1.165) is 13.1 Å². The first-order valence-electron chi connectivity index (χ1n) is 6.03. The highest BCUT2D eigenvalue weighted by atomic mass is 15.1. The molecule has 1 aromatic carbocycles. The molecule has 16 heavy (non-hydrogen) atoms. The highest BCUT2D eigenvalue weighted by Crippen LogP contribution is 2.23. The largest absolute Gasteiger partial charge is 0.313 e. The van der Waals surface area contributed by atoms with E-state index < -0.39 is 0 Å². The van der Waals surface area contributed by atoms with Crippen LogP contribution in [0, 0.1) is 13.8 Å². The van der Waals surface area contributed by atoms with Gasteiger partial charge in [-0.2, -0.15) is 0 Å². The second-order valence-corrected chi connectivity index (χ2v) is 5.57. The quantitative estimate of drug-likeness (QED) is 0.756. The molecule has 2 N–H and O–H groups in total. The smallest absolute Gasteiger partial charge is 0.0453 e. The van der Waals surface area contributed by atoms with Crippen LogP contribution in [0.5, 0.6) is 0 Å². The second kappa shape index (κ2) is 4.19. The molecule has 2 heteroatoms. The summed E-state index contributed by atoms with van der Waals surface area (Å²) in [6, 6.07) is 7.13. The Balaban J connectivity index is 2.26. The lowest BCUT2D eigenvalue weighted by atomic mass is 9.93. The summed E-state index contributed by atoms with van der Waals surface area (Å²) >= 11 is 0. The van der Waals surface area contributed by atoms with Crippen molar-refractivity contribution in [1.29, 1.82) is 0 Å². The molecule has 0 saturated carbocycles. The molecular formula is C14H22N2. The van der Waals surface area contributed by atoms with Gasteiger partial charge in [0.1, 0.15) is 0 Å². The molecule has 0 amide bonds. The van der Waals surface area contributed by atoms with Gasteiger partial charge in [0.05, 0.1) is 0 Å². The van der Waals surface area contributed by atoms with E-state index >= 15 is 0 Å². The Hall–Kier alpha value is -0.860. The lowest BCUT2D eigenvalue weighted by Crippen LogP contribution is -2.56. The predicted octanol–water partition coefficient (Wildman–Crippen LogP) is 2.32. The van der Waals surface area contributed by atoms with E-state index in [1.807, 2.05) is 0 Å².